The van der Waals surface area contributed by atoms with E-state index in [-0.39, 0.29) is 5.75 Å². The lowest BCUT2D eigenvalue weighted by molar-refractivity contribution is -0.136. The molecule has 3 nitrogen and oxygen atoms in total. The molecule has 0 fully saturated rings. The number of ether oxygens (including phenoxy) is 1. The molecule has 1 N–H and O–H groups in total. The maximum absolute atomic E-state index is 10.9. The Balaban J connectivity index is 2.88. The van der Waals surface area contributed by atoms with Crippen LogP contribution in [0.5, 0.6) is 5.75 Å². The summed E-state index contributed by atoms with van der Waals surface area (Å²) >= 11 is 0. The normalized spacial score (nSPS) is 8.93. The number of hydrogen-bond acceptors (Lipinski definition) is 3. The molecule has 0 heterocycles. The topological polar surface area (TPSA) is 46.5 Å². The van der Waals surface area contributed by atoms with Crippen LogP contribution in [0, 0.1) is 18.8 Å². The van der Waals surface area contributed by atoms with Gasteiger partial charge < -0.3 is 9.84 Å². The van der Waals surface area contributed by atoms with Gasteiger partial charge in [-0.3, -0.25) is 0 Å². The first-order valence-corrected chi connectivity index (χ1v) is 4.62. The molecule has 0 spiro atoms. The molecule has 1 aromatic rings. The summed E-state index contributed by atoms with van der Waals surface area (Å²) in [6, 6.07) is 5.02. The highest BCUT2D eigenvalue weighted by atomic mass is 16.5. The first-order chi connectivity index (χ1) is 7.13. The van der Waals surface area contributed by atoms with Crippen LogP contribution < -0.4 is 0 Å². The number of phenolic OH excluding ortho intramolecular Hbond substituents is 1. The summed E-state index contributed by atoms with van der Waals surface area (Å²) in [5.41, 5.74) is 1.41. The van der Waals surface area contributed by atoms with Crippen molar-refractivity contribution in [1.29, 1.82) is 0 Å². The quantitative estimate of drug-likeness (QED) is 0.558. The van der Waals surface area contributed by atoms with Gasteiger partial charge in [0, 0.05) is 5.92 Å². The molecule has 78 valence electrons. The van der Waals surface area contributed by atoms with E-state index < -0.39 is 5.97 Å². The molecule has 1 rings (SSSR count). The van der Waals surface area contributed by atoms with Crippen LogP contribution in [0.15, 0.2) is 18.2 Å². The van der Waals surface area contributed by atoms with Crippen molar-refractivity contribution >= 4 is 5.97 Å². The van der Waals surface area contributed by atoms with Crippen molar-refractivity contribution < 1.29 is 14.6 Å². The molecule has 15 heavy (non-hydrogen) atoms. The van der Waals surface area contributed by atoms with Crippen LogP contribution in [-0.4, -0.2) is 17.7 Å². The van der Waals surface area contributed by atoms with Crippen LogP contribution in [0.25, 0.3) is 0 Å². The van der Waals surface area contributed by atoms with Gasteiger partial charge in [0.1, 0.15) is 5.75 Å². The van der Waals surface area contributed by atoms with E-state index >= 15 is 0 Å². The molecule has 0 amide bonds. The lowest BCUT2D eigenvalue weighted by Crippen LogP contribution is -1.99. The van der Waals surface area contributed by atoms with Gasteiger partial charge >= 0.3 is 5.97 Å². The number of aromatic hydroxyl groups is 1. The van der Waals surface area contributed by atoms with Gasteiger partial charge in [0.2, 0.25) is 0 Å². The Labute approximate surface area is 88.7 Å². The van der Waals surface area contributed by atoms with E-state index in [1.807, 2.05) is 6.92 Å². The Morgan fingerprint density at radius 3 is 2.93 bits per heavy atom. The minimum atomic E-state index is -0.585. The lowest BCUT2D eigenvalue weighted by Gasteiger charge is -1.97. The van der Waals surface area contributed by atoms with E-state index in [0.717, 1.165) is 5.56 Å². The third kappa shape index (κ3) is 3.35. The molecule has 0 bridgehead atoms. The number of aryl methyl sites for hydroxylation is 1. The molecular weight excluding hydrogens is 192 g/mol. The third-order valence-corrected chi connectivity index (χ3v) is 1.73. The monoisotopic (exact) mass is 204 g/mol. The van der Waals surface area contributed by atoms with Crippen molar-refractivity contribution in [3.05, 3.63) is 29.3 Å². The van der Waals surface area contributed by atoms with Crippen molar-refractivity contribution in [2.24, 2.45) is 0 Å². The highest BCUT2D eigenvalue weighted by Gasteiger charge is 1.98. The van der Waals surface area contributed by atoms with Crippen molar-refractivity contribution in [2.75, 3.05) is 6.61 Å². The van der Waals surface area contributed by atoms with Crippen molar-refractivity contribution in [1.82, 2.24) is 0 Å². The first-order valence-electron chi connectivity index (χ1n) is 4.62. The number of carbonyl (C=O) groups excluding carboxylic acids is 1. The van der Waals surface area contributed by atoms with Gasteiger partial charge in [-0.1, -0.05) is 12.0 Å². The average Bonchev–Trinajstić information content (AvgIpc) is 2.20. The minimum Gasteiger partial charge on any atom is -0.507 e. The van der Waals surface area contributed by atoms with Crippen LogP contribution in [-0.2, 0) is 9.53 Å². The zero-order valence-electron chi connectivity index (χ0n) is 8.70. The van der Waals surface area contributed by atoms with E-state index in [9.17, 15) is 9.90 Å². The molecule has 3 heteroatoms. The molecule has 0 aliphatic carbocycles. The van der Waals surface area contributed by atoms with Gasteiger partial charge in [0.05, 0.1) is 12.2 Å². The Morgan fingerprint density at radius 1 is 1.53 bits per heavy atom. The third-order valence-electron chi connectivity index (χ3n) is 1.73. The van der Waals surface area contributed by atoms with Crippen LogP contribution in [0.1, 0.15) is 18.1 Å². The van der Waals surface area contributed by atoms with Crippen LogP contribution in [0.3, 0.4) is 0 Å². The number of hydrogen-bond donors (Lipinski definition) is 1. The molecule has 1 aromatic carbocycles. The van der Waals surface area contributed by atoms with Gasteiger partial charge in [-0.15, -0.1) is 0 Å². The molecule has 0 aliphatic rings. The number of benzene rings is 1. The van der Waals surface area contributed by atoms with Crippen LogP contribution >= 0.6 is 0 Å². The summed E-state index contributed by atoms with van der Waals surface area (Å²) in [5, 5.41) is 9.42. The fourth-order valence-corrected chi connectivity index (χ4v) is 1.04. The molecule has 0 radical (unpaired) electrons. The van der Waals surface area contributed by atoms with E-state index in [4.69, 9.17) is 0 Å². The van der Waals surface area contributed by atoms with Crippen molar-refractivity contribution in [3.63, 3.8) is 0 Å². The van der Waals surface area contributed by atoms with Crippen LogP contribution in [0.2, 0.25) is 0 Å². The fourth-order valence-electron chi connectivity index (χ4n) is 1.04. The van der Waals surface area contributed by atoms with Gasteiger partial charge in [0.25, 0.3) is 0 Å². The number of carbonyl (C=O) groups is 1. The summed E-state index contributed by atoms with van der Waals surface area (Å²) in [6.45, 7) is 3.89. The zero-order valence-corrected chi connectivity index (χ0v) is 8.70. The summed E-state index contributed by atoms with van der Waals surface area (Å²) in [6.07, 6.45) is 0. The molecular formula is C12H12O3. The molecule has 0 aromatic heterocycles. The SMILES string of the molecule is CCOC(=O)C#Cc1cc(C)ccc1O. The smallest absolute Gasteiger partial charge is 0.384 e. The second kappa shape index (κ2) is 5.06. The van der Waals surface area contributed by atoms with E-state index in [2.05, 4.69) is 16.6 Å². The van der Waals surface area contributed by atoms with E-state index in [1.165, 1.54) is 0 Å². The summed E-state index contributed by atoms with van der Waals surface area (Å²) in [4.78, 5) is 10.9. The fraction of sp³-hybridized carbons (Fsp3) is 0.250. The van der Waals surface area contributed by atoms with E-state index in [1.54, 1.807) is 25.1 Å². The Morgan fingerprint density at radius 2 is 2.27 bits per heavy atom. The molecule has 0 unspecified atom stereocenters. The summed E-state index contributed by atoms with van der Waals surface area (Å²) in [5.74, 6) is 4.34. The largest absolute Gasteiger partial charge is 0.507 e. The predicted octanol–water partition coefficient (Wildman–Crippen LogP) is 1.62. The predicted molar refractivity (Wildman–Crippen MR) is 56.4 cm³/mol. The number of esters is 1. The maximum Gasteiger partial charge on any atom is 0.384 e. The Kier molecular flexibility index (Phi) is 3.75. The summed E-state index contributed by atoms with van der Waals surface area (Å²) < 4.78 is 4.64. The van der Waals surface area contributed by atoms with Crippen LogP contribution in [0.4, 0.5) is 0 Å². The summed E-state index contributed by atoms with van der Waals surface area (Å²) in [7, 11) is 0. The molecule has 0 aliphatic heterocycles. The molecule has 0 atom stereocenters. The lowest BCUT2D eigenvalue weighted by atomic mass is 10.1. The first kappa shape index (κ1) is 11.1. The number of phenols is 1. The molecule has 0 saturated heterocycles. The van der Waals surface area contributed by atoms with Gasteiger partial charge in [-0.05, 0) is 31.5 Å². The second-order valence-electron chi connectivity index (χ2n) is 2.99. The number of rotatable bonds is 1. The van der Waals surface area contributed by atoms with Gasteiger partial charge in [0.15, 0.2) is 0 Å². The standard InChI is InChI=1S/C12H12O3/c1-3-15-12(14)7-5-10-8-9(2)4-6-11(10)13/h4,6,8,13H,3H2,1-2H3. The van der Waals surface area contributed by atoms with Crippen molar-refractivity contribution in [2.45, 2.75) is 13.8 Å². The highest BCUT2D eigenvalue weighted by Crippen LogP contribution is 2.16. The Hall–Kier alpha value is -1.95. The zero-order chi connectivity index (χ0) is 11.3. The van der Waals surface area contributed by atoms with Gasteiger partial charge in [-0.25, -0.2) is 4.79 Å². The van der Waals surface area contributed by atoms with Gasteiger partial charge in [-0.2, -0.15) is 0 Å². The molecule has 0 saturated carbocycles. The second-order valence-corrected chi connectivity index (χ2v) is 2.99. The van der Waals surface area contributed by atoms with Crippen molar-refractivity contribution in [3.8, 4) is 17.6 Å². The maximum atomic E-state index is 10.9. The highest BCUT2D eigenvalue weighted by molar-refractivity contribution is 5.89. The minimum absolute atomic E-state index is 0.0670. The average molecular weight is 204 g/mol. The Bertz CT molecular complexity index is 424. The van der Waals surface area contributed by atoms with E-state index in [0.29, 0.717) is 12.2 Å².